The number of esters is 2. The second-order valence-corrected chi connectivity index (χ2v) is 19.1. The van der Waals surface area contributed by atoms with Gasteiger partial charge in [0.05, 0.1) is 0 Å². The lowest BCUT2D eigenvalue weighted by molar-refractivity contribution is -0.162. The summed E-state index contributed by atoms with van der Waals surface area (Å²) in [5.41, 5.74) is -5.16. The molecule has 0 aliphatic carbocycles. The van der Waals surface area contributed by atoms with Gasteiger partial charge in [0.1, 0.15) is 52.0 Å². The number of nitrogens with zero attached hydrogens (tertiary/aromatic N) is 2. The van der Waals surface area contributed by atoms with Crippen molar-refractivity contribution in [3.8, 4) is 0 Å². The average Bonchev–Trinajstić information content (AvgIpc) is 2.90. The third-order valence-electron chi connectivity index (χ3n) is 6.03. The van der Waals surface area contributed by atoms with Gasteiger partial charge in [0.2, 0.25) is 0 Å². The van der Waals surface area contributed by atoms with Crippen molar-refractivity contribution in [2.75, 3.05) is 6.61 Å². The Morgan fingerprint density at radius 1 is 0.446 bits per heavy atom. The number of hydrogen-bond acceptors (Lipinski definition) is 14. The van der Waals surface area contributed by atoms with E-state index in [4.69, 9.17) is 33.5 Å². The SMILES string of the molecule is CC(C)(C)OC(=O)[C@H](CCCC=O)N(C(=O)OC(C)(C)C)C(=O)OC(C)(C)C.CC(C)(C)OC(=O)[C@H](CCCCO)N(C(=O)OC(C)(C)C)C(=O)OC(C)(C)C. The second kappa shape index (κ2) is 22.1. The highest BCUT2D eigenvalue weighted by Crippen LogP contribution is 2.24. The maximum Gasteiger partial charge on any atom is 0.420 e. The number of aliphatic hydroxyl groups is 1. The van der Waals surface area contributed by atoms with Crippen molar-refractivity contribution in [2.24, 2.45) is 0 Å². The first kappa shape index (κ1) is 54.2. The molecule has 0 aromatic heterocycles. The highest BCUT2D eigenvalue weighted by atomic mass is 16.6. The molecule has 4 amide bonds. The molecule has 0 aliphatic rings. The molecule has 326 valence electrons. The van der Waals surface area contributed by atoms with Gasteiger partial charge in [-0.15, -0.1) is 0 Å². The smallest absolute Gasteiger partial charge is 0.420 e. The summed E-state index contributed by atoms with van der Waals surface area (Å²) < 4.78 is 32.1. The molecule has 0 unspecified atom stereocenters. The molecule has 1 N–H and O–H groups in total. The maximum atomic E-state index is 12.8. The van der Waals surface area contributed by atoms with Gasteiger partial charge in [-0.1, -0.05) is 0 Å². The predicted molar refractivity (Wildman–Crippen MR) is 209 cm³/mol. The van der Waals surface area contributed by atoms with Crippen LogP contribution in [0.3, 0.4) is 0 Å². The first-order chi connectivity index (χ1) is 24.9. The quantitative estimate of drug-likeness (QED) is 0.0854. The summed E-state index contributed by atoms with van der Waals surface area (Å²) in [6, 6.07) is -2.50. The third-order valence-corrected chi connectivity index (χ3v) is 6.03. The molecule has 0 saturated carbocycles. The number of imide groups is 2. The molecule has 0 aliphatic heterocycles. The van der Waals surface area contributed by atoms with Gasteiger partial charge in [-0.25, -0.2) is 28.8 Å². The monoisotopic (exact) mass is 804 g/mol. The zero-order chi connectivity index (χ0) is 44.7. The Morgan fingerprint density at radius 3 is 0.911 bits per heavy atom. The number of aldehydes is 1. The van der Waals surface area contributed by atoms with Crippen molar-refractivity contribution in [3.05, 3.63) is 0 Å². The van der Waals surface area contributed by atoms with Gasteiger partial charge in [-0.3, -0.25) is 0 Å². The summed E-state index contributed by atoms with van der Waals surface area (Å²) in [6.45, 7) is 29.9. The molecule has 0 aromatic rings. The summed E-state index contributed by atoms with van der Waals surface area (Å²) in [6.07, 6.45) is -1.84. The van der Waals surface area contributed by atoms with Gasteiger partial charge in [-0.2, -0.15) is 9.80 Å². The second-order valence-electron chi connectivity index (χ2n) is 19.1. The van der Waals surface area contributed by atoms with Gasteiger partial charge in [-0.05, 0) is 157 Å². The van der Waals surface area contributed by atoms with Crippen LogP contribution in [0.4, 0.5) is 19.2 Å². The third kappa shape index (κ3) is 26.0. The molecule has 0 rings (SSSR count). The number of aliphatic hydroxyl groups excluding tert-OH is 1. The zero-order valence-electron chi connectivity index (χ0n) is 37.3. The Kier molecular flexibility index (Phi) is 21.4. The number of hydrogen-bond donors (Lipinski definition) is 1. The summed E-state index contributed by atoms with van der Waals surface area (Å²) >= 11 is 0. The fraction of sp³-hybridized carbons (Fsp3) is 0.825. The number of carbonyl (C=O) groups is 7. The first-order valence-corrected chi connectivity index (χ1v) is 18.9. The lowest BCUT2D eigenvalue weighted by atomic mass is 10.1. The van der Waals surface area contributed by atoms with E-state index in [-0.39, 0.29) is 32.3 Å². The average molecular weight is 805 g/mol. The largest absolute Gasteiger partial charge is 0.458 e. The Bertz CT molecular complexity index is 1250. The Hall–Kier alpha value is -3.95. The van der Waals surface area contributed by atoms with E-state index in [1.54, 1.807) is 125 Å². The molecular formula is C40H72N2O14. The van der Waals surface area contributed by atoms with Crippen LogP contribution in [-0.4, -0.2) is 110 Å². The van der Waals surface area contributed by atoms with E-state index < -0.39 is 82.0 Å². The number of ether oxygens (including phenoxy) is 6. The molecule has 0 fully saturated rings. The molecule has 0 heterocycles. The molecular weight excluding hydrogens is 732 g/mol. The van der Waals surface area contributed by atoms with Crippen LogP contribution in [0.25, 0.3) is 0 Å². The standard InChI is InChI=1S/C20H37NO7.C20H35NO7/c2*1-18(2,3)26-15(23)14(12-10-11-13-22)21(16(24)27-19(4,5)6)17(25)28-20(7,8)9/h14,22H,10-13H2,1-9H3;13-14H,10-12H2,1-9H3/t2*14-/m00/s1. The first-order valence-electron chi connectivity index (χ1n) is 18.9. The molecule has 0 aromatic carbocycles. The van der Waals surface area contributed by atoms with Crippen molar-refractivity contribution in [1.82, 2.24) is 9.80 Å². The molecule has 0 radical (unpaired) electrons. The minimum absolute atomic E-state index is 0.0478. The van der Waals surface area contributed by atoms with E-state index in [2.05, 4.69) is 0 Å². The molecule has 16 heteroatoms. The highest BCUT2D eigenvalue weighted by Gasteiger charge is 2.43. The Morgan fingerprint density at radius 2 is 0.696 bits per heavy atom. The molecule has 2 atom stereocenters. The van der Waals surface area contributed by atoms with Gasteiger partial charge in [0.25, 0.3) is 0 Å². The molecule has 16 nitrogen and oxygen atoms in total. The lowest BCUT2D eigenvalue weighted by Crippen LogP contribution is -2.53. The number of rotatable bonds is 12. The van der Waals surface area contributed by atoms with Gasteiger partial charge in [0.15, 0.2) is 0 Å². The van der Waals surface area contributed by atoms with Crippen LogP contribution >= 0.6 is 0 Å². The van der Waals surface area contributed by atoms with Crippen LogP contribution in [0.5, 0.6) is 0 Å². The lowest BCUT2D eigenvalue weighted by Gasteiger charge is -2.33. The number of carbonyl (C=O) groups excluding carboxylic acids is 7. The fourth-order valence-corrected chi connectivity index (χ4v) is 4.19. The summed E-state index contributed by atoms with van der Waals surface area (Å²) in [4.78, 5) is 88.6. The zero-order valence-corrected chi connectivity index (χ0v) is 37.3. The van der Waals surface area contributed by atoms with E-state index in [0.29, 0.717) is 28.9 Å². The minimum atomic E-state index is -1.27. The van der Waals surface area contributed by atoms with Crippen molar-refractivity contribution < 1.29 is 67.1 Å². The Labute approximate surface area is 334 Å². The van der Waals surface area contributed by atoms with Gasteiger partial charge in [0, 0.05) is 13.0 Å². The van der Waals surface area contributed by atoms with E-state index in [1.807, 2.05) is 0 Å². The number of amides is 4. The molecule has 56 heavy (non-hydrogen) atoms. The Balaban J connectivity index is 0. The van der Waals surface area contributed by atoms with Crippen LogP contribution in [0.2, 0.25) is 0 Å². The van der Waals surface area contributed by atoms with Crippen molar-refractivity contribution >= 4 is 42.6 Å². The van der Waals surface area contributed by atoms with Crippen LogP contribution in [0.1, 0.15) is 163 Å². The van der Waals surface area contributed by atoms with Crippen LogP contribution in [-0.2, 0) is 42.8 Å². The summed E-state index contributed by atoms with van der Waals surface area (Å²) in [7, 11) is 0. The van der Waals surface area contributed by atoms with Crippen LogP contribution < -0.4 is 0 Å². The van der Waals surface area contributed by atoms with E-state index in [1.165, 1.54) is 0 Å². The van der Waals surface area contributed by atoms with Gasteiger partial charge < -0.3 is 38.3 Å². The predicted octanol–water partition coefficient (Wildman–Crippen LogP) is 8.27. The van der Waals surface area contributed by atoms with E-state index in [9.17, 15) is 33.6 Å². The topological polar surface area (TPSA) is 202 Å². The van der Waals surface area contributed by atoms with Crippen molar-refractivity contribution in [3.63, 3.8) is 0 Å². The van der Waals surface area contributed by atoms with E-state index in [0.717, 1.165) is 0 Å². The molecule has 0 saturated heterocycles. The molecule has 0 spiro atoms. The highest BCUT2D eigenvalue weighted by molar-refractivity contribution is 5.95. The van der Waals surface area contributed by atoms with Crippen molar-refractivity contribution in [2.45, 2.75) is 209 Å². The fourth-order valence-electron chi connectivity index (χ4n) is 4.19. The summed E-state index contributed by atoms with van der Waals surface area (Å²) in [5.74, 6) is -1.50. The minimum Gasteiger partial charge on any atom is -0.458 e. The van der Waals surface area contributed by atoms with Crippen LogP contribution in [0.15, 0.2) is 0 Å². The normalized spacial score (nSPS) is 13.4. The van der Waals surface area contributed by atoms with Crippen molar-refractivity contribution in [1.29, 1.82) is 0 Å². The molecule has 0 bridgehead atoms. The van der Waals surface area contributed by atoms with E-state index >= 15 is 0 Å². The maximum absolute atomic E-state index is 12.8. The summed E-state index contributed by atoms with van der Waals surface area (Å²) in [5, 5.41) is 9.05. The van der Waals surface area contributed by atoms with Gasteiger partial charge >= 0.3 is 36.3 Å². The van der Waals surface area contributed by atoms with Crippen LogP contribution in [0, 0.1) is 0 Å². The number of unbranched alkanes of at least 4 members (excludes halogenated alkanes) is 2.